The molecule has 1 fully saturated rings. The molecule has 0 aliphatic carbocycles. The van der Waals surface area contributed by atoms with Gasteiger partial charge in [0, 0.05) is 45.0 Å². The SMILES string of the molecule is CCOc1ncc(CN2CCN(C(C)C)CC2)cc1F. The van der Waals surface area contributed by atoms with Gasteiger partial charge in [-0.3, -0.25) is 9.80 Å². The molecule has 0 N–H and O–H groups in total. The first-order valence-corrected chi connectivity index (χ1v) is 7.33. The fourth-order valence-corrected chi connectivity index (χ4v) is 2.49. The molecule has 0 radical (unpaired) electrons. The molecule has 0 spiro atoms. The summed E-state index contributed by atoms with van der Waals surface area (Å²) in [7, 11) is 0. The summed E-state index contributed by atoms with van der Waals surface area (Å²) in [5.74, 6) is -0.272. The van der Waals surface area contributed by atoms with Crippen molar-refractivity contribution in [2.75, 3.05) is 32.8 Å². The van der Waals surface area contributed by atoms with Crippen LogP contribution < -0.4 is 4.74 Å². The van der Waals surface area contributed by atoms with Crippen LogP contribution in [0.1, 0.15) is 26.3 Å². The third kappa shape index (κ3) is 3.90. The van der Waals surface area contributed by atoms with E-state index < -0.39 is 0 Å². The van der Waals surface area contributed by atoms with Gasteiger partial charge < -0.3 is 4.74 Å². The Kier molecular flexibility index (Phi) is 5.31. The highest BCUT2D eigenvalue weighted by Gasteiger charge is 2.19. The van der Waals surface area contributed by atoms with E-state index in [0.717, 1.165) is 38.3 Å². The Morgan fingerprint density at radius 3 is 2.55 bits per heavy atom. The van der Waals surface area contributed by atoms with Gasteiger partial charge in [-0.15, -0.1) is 0 Å². The second-order valence-corrected chi connectivity index (χ2v) is 5.47. The molecule has 2 heterocycles. The Balaban J connectivity index is 1.90. The fraction of sp³-hybridized carbons (Fsp3) is 0.667. The van der Waals surface area contributed by atoms with E-state index >= 15 is 0 Å². The van der Waals surface area contributed by atoms with Gasteiger partial charge in [0.25, 0.3) is 0 Å². The molecule has 0 atom stereocenters. The lowest BCUT2D eigenvalue weighted by Crippen LogP contribution is -2.48. The highest BCUT2D eigenvalue weighted by Crippen LogP contribution is 2.16. The minimum absolute atomic E-state index is 0.0980. The first-order valence-electron chi connectivity index (χ1n) is 7.33. The van der Waals surface area contributed by atoms with Crippen LogP contribution in [0.15, 0.2) is 12.3 Å². The van der Waals surface area contributed by atoms with Crippen LogP contribution in [0.3, 0.4) is 0 Å². The van der Waals surface area contributed by atoms with Crippen LogP contribution >= 0.6 is 0 Å². The molecule has 20 heavy (non-hydrogen) atoms. The van der Waals surface area contributed by atoms with Crippen LogP contribution in [0.25, 0.3) is 0 Å². The topological polar surface area (TPSA) is 28.6 Å². The number of pyridine rings is 1. The van der Waals surface area contributed by atoms with E-state index in [9.17, 15) is 4.39 Å². The minimum Gasteiger partial charge on any atom is -0.476 e. The fourth-order valence-electron chi connectivity index (χ4n) is 2.49. The molecule has 1 saturated heterocycles. The molecule has 0 saturated carbocycles. The Morgan fingerprint density at radius 1 is 1.30 bits per heavy atom. The maximum Gasteiger partial charge on any atom is 0.250 e. The Hall–Kier alpha value is -1.20. The van der Waals surface area contributed by atoms with E-state index in [1.807, 2.05) is 6.92 Å². The van der Waals surface area contributed by atoms with Gasteiger partial charge in [0.05, 0.1) is 6.61 Å². The van der Waals surface area contributed by atoms with Gasteiger partial charge in [0.15, 0.2) is 5.82 Å². The largest absolute Gasteiger partial charge is 0.476 e. The minimum atomic E-state index is -0.370. The number of rotatable bonds is 5. The summed E-state index contributed by atoms with van der Waals surface area (Å²) in [6.45, 7) is 11.6. The van der Waals surface area contributed by atoms with Crippen molar-refractivity contribution in [3.8, 4) is 5.88 Å². The number of aromatic nitrogens is 1. The van der Waals surface area contributed by atoms with Gasteiger partial charge in [0.2, 0.25) is 5.88 Å². The van der Waals surface area contributed by atoms with Crippen molar-refractivity contribution in [3.05, 3.63) is 23.6 Å². The molecule has 4 nitrogen and oxygen atoms in total. The van der Waals surface area contributed by atoms with E-state index in [1.165, 1.54) is 6.07 Å². The molecule has 0 bridgehead atoms. The molecule has 0 amide bonds. The lowest BCUT2D eigenvalue weighted by molar-refractivity contribution is 0.104. The predicted octanol–water partition coefficient (Wildman–Crippen LogP) is 2.15. The normalized spacial score (nSPS) is 17.6. The van der Waals surface area contributed by atoms with E-state index in [0.29, 0.717) is 12.6 Å². The zero-order valence-electron chi connectivity index (χ0n) is 12.6. The summed E-state index contributed by atoms with van der Waals surface area (Å²) < 4.78 is 18.9. The average molecular weight is 281 g/mol. The van der Waals surface area contributed by atoms with Crippen molar-refractivity contribution in [2.45, 2.75) is 33.4 Å². The number of piperazine rings is 1. The lowest BCUT2D eigenvalue weighted by Gasteiger charge is -2.36. The van der Waals surface area contributed by atoms with Gasteiger partial charge in [-0.1, -0.05) is 0 Å². The first-order chi connectivity index (χ1) is 9.60. The van der Waals surface area contributed by atoms with Crippen molar-refractivity contribution >= 4 is 0 Å². The molecular formula is C15H24FN3O. The number of nitrogens with zero attached hydrogens (tertiary/aromatic N) is 3. The lowest BCUT2D eigenvalue weighted by atomic mass is 10.2. The van der Waals surface area contributed by atoms with Crippen LogP contribution in [0.5, 0.6) is 5.88 Å². The summed E-state index contributed by atoms with van der Waals surface area (Å²) in [5, 5.41) is 0. The predicted molar refractivity (Wildman–Crippen MR) is 77.4 cm³/mol. The summed E-state index contributed by atoms with van der Waals surface area (Å²) in [6.07, 6.45) is 1.71. The van der Waals surface area contributed by atoms with Crippen molar-refractivity contribution in [1.29, 1.82) is 0 Å². The monoisotopic (exact) mass is 281 g/mol. The maximum absolute atomic E-state index is 13.7. The third-order valence-electron chi connectivity index (χ3n) is 3.69. The molecule has 112 valence electrons. The Labute approximate surface area is 120 Å². The van der Waals surface area contributed by atoms with Crippen molar-refractivity contribution in [1.82, 2.24) is 14.8 Å². The van der Waals surface area contributed by atoms with Crippen LogP contribution in [-0.4, -0.2) is 53.6 Å². The van der Waals surface area contributed by atoms with Gasteiger partial charge in [0.1, 0.15) is 0 Å². The van der Waals surface area contributed by atoms with Crippen molar-refractivity contribution in [3.63, 3.8) is 0 Å². The third-order valence-corrected chi connectivity index (χ3v) is 3.69. The molecule has 1 aliphatic rings. The molecular weight excluding hydrogens is 257 g/mol. The standard InChI is InChI=1S/C15H24FN3O/c1-4-20-15-14(16)9-13(10-17-15)11-18-5-7-19(8-6-18)12(2)3/h9-10,12H,4-8,11H2,1-3H3. The van der Waals surface area contributed by atoms with E-state index in [2.05, 4.69) is 28.6 Å². The molecule has 2 rings (SSSR count). The average Bonchev–Trinajstić information content (AvgIpc) is 2.42. The molecule has 1 aromatic rings. The Morgan fingerprint density at radius 2 is 2.00 bits per heavy atom. The number of ether oxygens (including phenoxy) is 1. The quantitative estimate of drug-likeness (QED) is 0.827. The van der Waals surface area contributed by atoms with E-state index in [4.69, 9.17) is 4.74 Å². The summed E-state index contributed by atoms with van der Waals surface area (Å²) >= 11 is 0. The number of halogens is 1. The van der Waals surface area contributed by atoms with Crippen LogP contribution in [-0.2, 0) is 6.54 Å². The second-order valence-electron chi connectivity index (χ2n) is 5.47. The summed E-state index contributed by atoms with van der Waals surface area (Å²) in [6, 6.07) is 2.13. The van der Waals surface area contributed by atoms with Crippen LogP contribution in [0, 0.1) is 5.82 Å². The van der Waals surface area contributed by atoms with Crippen molar-refractivity contribution < 1.29 is 9.13 Å². The maximum atomic E-state index is 13.7. The first kappa shape index (κ1) is 15.2. The van der Waals surface area contributed by atoms with Gasteiger partial charge in [-0.05, 0) is 32.4 Å². The molecule has 0 unspecified atom stereocenters. The Bertz CT molecular complexity index is 431. The highest BCUT2D eigenvalue weighted by atomic mass is 19.1. The van der Waals surface area contributed by atoms with Gasteiger partial charge >= 0.3 is 0 Å². The number of hydrogen-bond donors (Lipinski definition) is 0. The smallest absolute Gasteiger partial charge is 0.250 e. The molecule has 1 aliphatic heterocycles. The summed E-state index contributed by atoms with van der Waals surface area (Å²) in [5.41, 5.74) is 0.906. The van der Waals surface area contributed by atoms with Crippen LogP contribution in [0.4, 0.5) is 4.39 Å². The van der Waals surface area contributed by atoms with Crippen LogP contribution in [0.2, 0.25) is 0 Å². The van der Waals surface area contributed by atoms with Gasteiger partial charge in [-0.2, -0.15) is 0 Å². The molecule has 1 aromatic heterocycles. The van der Waals surface area contributed by atoms with E-state index in [1.54, 1.807) is 6.20 Å². The van der Waals surface area contributed by atoms with Gasteiger partial charge in [-0.25, -0.2) is 9.37 Å². The highest BCUT2D eigenvalue weighted by molar-refractivity contribution is 5.20. The number of hydrogen-bond acceptors (Lipinski definition) is 4. The van der Waals surface area contributed by atoms with E-state index in [-0.39, 0.29) is 11.7 Å². The molecule has 0 aromatic carbocycles. The zero-order valence-corrected chi connectivity index (χ0v) is 12.6. The van der Waals surface area contributed by atoms with Crippen molar-refractivity contribution in [2.24, 2.45) is 0 Å². The molecule has 5 heteroatoms. The summed E-state index contributed by atoms with van der Waals surface area (Å²) in [4.78, 5) is 8.85. The second kappa shape index (κ2) is 6.99. The zero-order chi connectivity index (χ0) is 14.5.